The number of hydrogen-bond donors (Lipinski definition) is 0. The summed E-state index contributed by atoms with van der Waals surface area (Å²) >= 11 is 1.53. The van der Waals surface area contributed by atoms with Crippen LogP contribution in [0.1, 0.15) is 33.2 Å². The molecule has 0 spiro atoms. The molecule has 27 heavy (non-hydrogen) atoms. The fourth-order valence-corrected chi connectivity index (χ4v) is 4.93. The minimum atomic E-state index is -0.206. The molecule has 2 aliphatic rings. The van der Waals surface area contributed by atoms with Gasteiger partial charge in [0.1, 0.15) is 15.7 Å². The molecule has 2 aromatic rings. The third kappa shape index (κ3) is 3.99. The van der Waals surface area contributed by atoms with E-state index in [4.69, 9.17) is 0 Å². The van der Waals surface area contributed by atoms with Crippen molar-refractivity contribution < 1.29 is 9.18 Å². The van der Waals surface area contributed by atoms with Gasteiger partial charge in [0.15, 0.2) is 0 Å². The van der Waals surface area contributed by atoms with E-state index >= 15 is 0 Å². The first kappa shape index (κ1) is 18.4. The first-order chi connectivity index (χ1) is 13.1. The minimum absolute atomic E-state index is 0.0610. The molecule has 0 radical (unpaired) electrons. The van der Waals surface area contributed by atoms with Gasteiger partial charge in [0.2, 0.25) is 0 Å². The van der Waals surface area contributed by atoms with Crippen LogP contribution in [0.15, 0.2) is 24.3 Å². The highest BCUT2D eigenvalue weighted by molar-refractivity contribution is 7.13. The summed E-state index contributed by atoms with van der Waals surface area (Å²) in [6.07, 6.45) is 2.50. The summed E-state index contributed by atoms with van der Waals surface area (Å²) in [7, 11) is 0. The lowest BCUT2D eigenvalue weighted by molar-refractivity contribution is 0.0750. The number of aromatic nitrogens is 1. The van der Waals surface area contributed by atoms with Gasteiger partial charge in [-0.25, -0.2) is 9.37 Å². The zero-order valence-electron chi connectivity index (χ0n) is 15.7. The van der Waals surface area contributed by atoms with Crippen molar-refractivity contribution in [1.29, 1.82) is 0 Å². The number of anilines is 1. The van der Waals surface area contributed by atoms with Crippen LogP contribution in [-0.4, -0.2) is 60.0 Å². The Balaban J connectivity index is 1.39. The number of aryl methyl sites for hydroxylation is 1. The monoisotopic (exact) mass is 388 g/mol. The van der Waals surface area contributed by atoms with Gasteiger partial charge in [0.25, 0.3) is 5.91 Å². The van der Waals surface area contributed by atoms with Crippen molar-refractivity contribution in [3.63, 3.8) is 0 Å². The van der Waals surface area contributed by atoms with E-state index in [-0.39, 0.29) is 11.7 Å². The number of thiazole rings is 1. The predicted molar refractivity (Wildman–Crippen MR) is 106 cm³/mol. The van der Waals surface area contributed by atoms with Crippen molar-refractivity contribution >= 4 is 22.9 Å². The van der Waals surface area contributed by atoms with Crippen LogP contribution in [0.3, 0.4) is 0 Å². The molecule has 0 atom stereocenters. The number of para-hydroxylation sites is 1. The van der Waals surface area contributed by atoms with Crippen molar-refractivity contribution in [2.24, 2.45) is 0 Å². The number of likely N-dealkylation sites (tertiary alicyclic amines) is 1. The Labute approximate surface area is 163 Å². The number of nitrogens with zero attached hydrogens (tertiary/aromatic N) is 4. The number of benzene rings is 1. The Morgan fingerprint density at radius 3 is 2.52 bits per heavy atom. The molecule has 0 unspecified atom stereocenters. The number of piperazine rings is 1. The topological polar surface area (TPSA) is 39.7 Å². The molecule has 0 N–H and O–H groups in total. The summed E-state index contributed by atoms with van der Waals surface area (Å²) in [5.74, 6) is -0.145. The van der Waals surface area contributed by atoms with Gasteiger partial charge >= 0.3 is 0 Å². The standard InChI is InChI=1S/C20H25FN4OS/c1-15-19(27-18(22-15)14-23-8-4-5-9-23)20(26)25-12-10-24(11-13-25)17-7-3-2-6-16(17)21/h2-3,6-7H,4-5,8-14H2,1H3. The van der Waals surface area contributed by atoms with E-state index in [1.807, 2.05) is 22.8 Å². The third-order valence-corrected chi connectivity index (χ3v) is 6.48. The number of hydrogen-bond acceptors (Lipinski definition) is 5. The summed E-state index contributed by atoms with van der Waals surface area (Å²) < 4.78 is 14.0. The van der Waals surface area contributed by atoms with Gasteiger partial charge in [0, 0.05) is 26.2 Å². The van der Waals surface area contributed by atoms with E-state index < -0.39 is 0 Å². The van der Waals surface area contributed by atoms with E-state index in [0.29, 0.717) is 31.9 Å². The van der Waals surface area contributed by atoms with Crippen LogP contribution in [0, 0.1) is 12.7 Å². The Morgan fingerprint density at radius 2 is 1.81 bits per heavy atom. The number of halogens is 1. The summed E-state index contributed by atoms with van der Waals surface area (Å²) in [4.78, 5) is 24.6. The molecule has 1 aromatic heterocycles. The lowest BCUT2D eigenvalue weighted by Gasteiger charge is -2.36. The van der Waals surface area contributed by atoms with Crippen molar-refractivity contribution in [2.75, 3.05) is 44.2 Å². The van der Waals surface area contributed by atoms with Crippen LogP contribution < -0.4 is 4.90 Å². The van der Waals surface area contributed by atoms with Crippen molar-refractivity contribution in [2.45, 2.75) is 26.3 Å². The molecule has 7 heteroatoms. The first-order valence-corrected chi connectivity index (χ1v) is 10.4. The Bertz CT molecular complexity index is 810. The molecule has 1 amide bonds. The van der Waals surface area contributed by atoms with E-state index in [1.54, 1.807) is 12.1 Å². The van der Waals surface area contributed by atoms with Gasteiger partial charge in [-0.15, -0.1) is 11.3 Å². The molecule has 4 rings (SSSR count). The van der Waals surface area contributed by atoms with Crippen LogP contribution in [0.2, 0.25) is 0 Å². The molecule has 5 nitrogen and oxygen atoms in total. The zero-order valence-corrected chi connectivity index (χ0v) is 16.5. The Hall–Kier alpha value is -1.99. The van der Waals surface area contributed by atoms with Crippen molar-refractivity contribution in [3.05, 3.63) is 45.7 Å². The average Bonchev–Trinajstić information content (AvgIpc) is 3.31. The quantitative estimate of drug-likeness (QED) is 0.807. The number of rotatable bonds is 4. The highest BCUT2D eigenvalue weighted by Gasteiger charge is 2.26. The average molecular weight is 389 g/mol. The van der Waals surface area contributed by atoms with E-state index in [9.17, 15) is 9.18 Å². The molecular formula is C20H25FN4OS. The maximum Gasteiger partial charge on any atom is 0.265 e. The van der Waals surface area contributed by atoms with Gasteiger partial charge in [-0.1, -0.05) is 12.1 Å². The first-order valence-electron chi connectivity index (χ1n) is 9.59. The second-order valence-electron chi connectivity index (χ2n) is 7.24. The van der Waals surface area contributed by atoms with Gasteiger partial charge < -0.3 is 9.80 Å². The predicted octanol–water partition coefficient (Wildman–Crippen LogP) is 3.15. The number of carbonyl (C=O) groups excluding carboxylic acids is 1. The molecule has 1 aromatic carbocycles. The molecular weight excluding hydrogens is 363 g/mol. The van der Waals surface area contributed by atoms with E-state index in [2.05, 4.69) is 9.88 Å². The van der Waals surface area contributed by atoms with Gasteiger partial charge in [0.05, 0.1) is 17.9 Å². The maximum atomic E-state index is 14.0. The third-order valence-electron chi connectivity index (χ3n) is 5.35. The van der Waals surface area contributed by atoms with E-state index in [1.165, 1.54) is 30.2 Å². The van der Waals surface area contributed by atoms with Crippen LogP contribution in [0.5, 0.6) is 0 Å². The molecule has 2 aliphatic heterocycles. The number of carbonyl (C=O) groups is 1. The number of amides is 1. The minimum Gasteiger partial charge on any atom is -0.366 e. The largest absolute Gasteiger partial charge is 0.366 e. The van der Waals surface area contributed by atoms with Crippen molar-refractivity contribution in [3.8, 4) is 0 Å². The summed E-state index contributed by atoms with van der Waals surface area (Å²) in [6.45, 7) is 7.51. The van der Waals surface area contributed by atoms with Gasteiger partial charge in [-0.05, 0) is 45.0 Å². The normalized spacial score (nSPS) is 18.3. The SMILES string of the molecule is Cc1nc(CN2CCCC2)sc1C(=O)N1CCN(c2ccccc2F)CC1. The highest BCUT2D eigenvalue weighted by Crippen LogP contribution is 2.25. The second kappa shape index (κ2) is 7.94. The molecule has 0 saturated carbocycles. The fraction of sp³-hybridized carbons (Fsp3) is 0.500. The van der Waals surface area contributed by atoms with Crippen LogP contribution >= 0.6 is 11.3 Å². The fourth-order valence-electron chi connectivity index (χ4n) is 3.85. The molecule has 2 fully saturated rings. The molecule has 0 bridgehead atoms. The van der Waals surface area contributed by atoms with E-state index in [0.717, 1.165) is 35.2 Å². The molecule has 144 valence electrons. The zero-order chi connectivity index (χ0) is 18.8. The molecule has 2 saturated heterocycles. The Morgan fingerprint density at radius 1 is 1.11 bits per heavy atom. The highest BCUT2D eigenvalue weighted by atomic mass is 32.1. The summed E-state index contributed by atoms with van der Waals surface area (Å²) in [6, 6.07) is 6.82. The lowest BCUT2D eigenvalue weighted by Crippen LogP contribution is -2.49. The lowest BCUT2D eigenvalue weighted by atomic mass is 10.2. The second-order valence-corrected chi connectivity index (χ2v) is 8.32. The smallest absolute Gasteiger partial charge is 0.265 e. The van der Waals surface area contributed by atoms with Crippen LogP contribution in [0.4, 0.5) is 10.1 Å². The molecule has 0 aliphatic carbocycles. The summed E-state index contributed by atoms with van der Waals surface area (Å²) in [5.41, 5.74) is 1.45. The van der Waals surface area contributed by atoms with Gasteiger partial charge in [-0.3, -0.25) is 9.69 Å². The Kier molecular flexibility index (Phi) is 5.41. The van der Waals surface area contributed by atoms with Crippen molar-refractivity contribution in [1.82, 2.24) is 14.8 Å². The molecule has 3 heterocycles. The maximum absolute atomic E-state index is 14.0. The summed E-state index contributed by atoms with van der Waals surface area (Å²) in [5, 5.41) is 1.03. The van der Waals surface area contributed by atoms with Crippen LogP contribution in [0.25, 0.3) is 0 Å². The van der Waals surface area contributed by atoms with Crippen LogP contribution in [-0.2, 0) is 6.54 Å². The van der Waals surface area contributed by atoms with Gasteiger partial charge in [-0.2, -0.15) is 0 Å².